The number of nitrogens with zero attached hydrogens (tertiary/aromatic N) is 2. The molecule has 1 heterocycles. The monoisotopic (exact) mass is 441 g/mol. The van der Waals surface area contributed by atoms with Gasteiger partial charge in [0.25, 0.3) is 5.91 Å². The average Bonchev–Trinajstić information content (AvgIpc) is 3.38. The van der Waals surface area contributed by atoms with Crippen LogP contribution in [0.1, 0.15) is 66.9 Å². The van der Waals surface area contributed by atoms with Crippen LogP contribution in [-0.4, -0.2) is 16.4 Å². The Labute approximate surface area is 193 Å². The summed E-state index contributed by atoms with van der Waals surface area (Å²) in [5.41, 5.74) is 2.90. The molecule has 1 amide bonds. The second-order valence-corrected chi connectivity index (χ2v) is 10.3. The Kier molecular flexibility index (Phi) is 5.40. The molecule has 2 saturated carbocycles. The van der Waals surface area contributed by atoms with Crippen molar-refractivity contribution in [3.63, 3.8) is 0 Å². The summed E-state index contributed by atoms with van der Waals surface area (Å²) >= 11 is 0. The number of fused-ring (bicyclic) bond motifs is 2. The molecule has 1 N–H and O–H groups in total. The van der Waals surface area contributed by atoms with E-state index in [-0.39, 0.29) is 17.3 Å². The molecule has 0 saturated heterocycles. The Morgan fingerprint density at radius 1 is 1.06 bits per heavy atom. The Hall–Kier alpha value is -3.26. The van der Waals surface area contributed by atoms with E-state index in [1.165, 1.54) is 11.6 Å². The predicted octanol–water partition coefficient (Wildman–Crippen LogP) is 5.97. The van der Waals surface area contributed by atoms with Gasteiger partial charge in [-0.05, 0) is 117 Å². The van der Waals surface area contributed by atoms with Gasteiger partial charge in [-0.15, -0.1) is 0 Å². The molecule has 1 aromatic heterocycles. The molecule has 1 unspecified atom stereocenters. The Morgan fingerprint density at radius 2 is 1.76 bits per heavy atom. The van der Waals surface area contributed by atoms with Crippen molar-refractivity contribution >= 4 is 16.8 Å². The molecule has 168 valence electrons. The molecule has 3 aromatic rings. The number of hydrogen-bond donors (Lipinski definition) is 1. The average molecular weight is 442 g/mol. The predicted molar refractivity (Wildman–Crippen MR) is 126 cm³/mol. The van der Waals surface area contributed by atoms with E-state index in [1.807, 2.05) is 6.20 Å². The number of halogens is 1. The number of carbonyl (C=O) groups excluding carboxylic acids is 1. The molecule has 33 heavy (non-hydrogen) atoms. The van der Waals surface area contributed by atoms with Gasteiger partial charge >= 0.3 is 0 Å². The van der Waals surface area contributed by atoms with Crippen LogP contribution in [0.4, 0.5) is 4.39 Å². The Morgan fingerprint density at radius 3 is 2.42 bits per heavy atom. The summed E-state index contributed by atoms with van der Waals surface area (Å²) in [4.78, 5) is 17.2. The number of pyridine rings is 1. The number of rotatable bonds is 4. The van der Waals surface area contributed by atoms with Gasteiger partial charge in [0, 0.05) is 22.7 Å². The molecule has 2 aliphatic rings. The number of aromatic nitrogens is 1. The number of amides is 1. The standard InChI is InChI=1S/C28H28FN3O/c1-28(2,32-27(33)18-5-3-17(16-30)4-6-18)22-13-19-11-21(12-20(19)14-22)24-9-10-31-26-8-7-23(29)15-25(24)26/h3-10,15,19-22H,11-14H2,1-2H3,(H,32,33)/t19-,20+,21?,22+. The molecule has 4 nitrogen and oxygen atoms in total. The first kappa shape index (κ1) is 21.6. The summed E-state index contributed by atoms with van der Waals surface area (Å²) in [6.07, 6.45) is 6.25. The van der Waals surface area contributed by atoms with Crippen molar-refractivity contribution in [2.75, 3.05) is 0 Å². The fourth-order valence-electron chi connectivity index (χ4n) is 6.12. The summed E-state index contributed by atoms with van der Waals surface area (Å²) in [5, 5.41) is 13.1. The van der Waals surface area contributed by atoms with E-state index in [2.05, 4.69) is 36.3 Å². The summed E-state index contributed by atoms with van der Waals surface area (Å²) < 4.78 is 13.9. The van der Waals surface area contributed by atoms with E-state index in [4.69, 9.17) is 5.26 Å². The van der Waals surface area contributed by atoms with Crippen molar-refractivity contribution in [1.82, 2.24) is 10.3 Å². The van der Waals surface area contributed by atoms with Crippen LogP contribution >= 0.6 is 0 Å². The van der Waals surface area contributed by atoms with E-state index < -0.39 is 0 Å². The van der Waals surface area contributed by atoms with Gasteiger partial charge in [-0.2, -0.15) is 5.26 Å². The lowest BCUT2D eigenvalue weighted by Crippen LogP contribution is -2.48. The number of nitriles is 1. The van der Waals surface area contributed by atoms with Crippen LogP contribution in [-0.2, 0) is 0 Å². The SMILES string of the molecule is CC(C)(NC(=O)c1ccc(C#N)cc1)[C@H]1C[C@H]2CC(c3ccnc4ccc(F)cc34)C[C@H]2C1. The van der Waals surface area contributed by atoms with Crippen molar-refractivity contribution in [2.24, 2.45) is 17.8 Å². The van der Waals surface area contributed by atoms with Crippen LogP contribution in [0.5, 0.6) is 0 Å². The minimum Gasteiger partial charge on any atom is -0.347 e. The molecule has 2 fully saturated rings. The molecular formula is C28H28FN3O. The first-order valence-electron chi connectivity index (χ1n) is 11.7. The third kappa shape index (κ3) is 4.11. The maximum absolute atomic E-state index is 13.9. The Bertz CT molecular complexity index is 1230. The first-order chi connectivity index (χ1) is 15.8. The fourth-order valence-corrected chi connectivity index (χ4v) is 6.12. The number of carbonyl (C=O) groups is 1. The van der Waals surface area contributed by atoms with Gasteiger partial charge in [-0.1, -0.05) is 0 Å². The van der Waals surface area contributed by atoms with Gasteiger partial charge in [0.05, 0.1) is 17.1 Å². The normalized spacial score (nSPS) is 24.4. The molecule has 5 heteroatoms. The van der Waals surface area contributed by atoms with E-state index in [0.29, 0.717) is 34.8 Å². The van der Waals surface area contributed by atoms with Crippen LogP contribution < -0.4 is 5.32 Å². The number of benzene rings is 2. The quantitative estimate of drug-likeness (QED) is 0.542. The van der Waals surface area contributed by atoms with Crippen molar-refractivity contribution in [1.29, 1.82) is 5.26 Å². The van der Waals surface area contributed by atoms with Crippen molar-refractivity contribution < 1.29 is 9.18 Å². The van der Waals surface area contributed by atoms with Crippen LogP contribution in [0.2, 0.25) is 0 Å². The van der Waals surface area contributed by atoms with E-state index in [1.54, 1.807) is 36.4 Å². The zero-order valence-electron chi connectivity index (χ0n) is 19.0. The third-order valence-corrected chi connectivity index (χ3v) is 7.93. The zero-order chi connectivity index (χ0) is 23.2. The van der Waals surface area contributed by atoms with E-state index >= 15 is 0 Å². The minimum absolute atomic E-state index is 0.0929. The van der Waals surface area contributed by atoms with Gasteiger partial charge in [-0.25, -0.2) is 4.39 Å². The van der Waals surface area contributed by atoms with Gasteiger partial charge in [0.15, 0.2) is 0 Å². The lowest BCUT2D eigenvalue weighted by atomic mass is 9.82. The van der Waals surface area contributed by atoms with Crippen LogP contribution in [0, 0.1) is 34.9 Å². The highest BCUT2D eigenvalue weighted by Gasteiger charge is 2.47. The molecule has 0 spiro atoms. The van der Waals surface area contributed by atoms with Gasteiger partial charge in [0.2, 0.25) is 0 Å². The van der Waals surface area contributed by atoms with Crippen molar-refractivity contribution in [2.45, 2.75) is 51.0 Å². The molecule has 5 rings (SSSR count). The smallest absolute Gasteiger partial charge is 0.251 e. The lowest BCUT2D eigenvalue weighted by molar-refractivity contribution is 0.0877. The van der Waals surface area contributed by atoms with Crippen LogP contribution in [0.15, 0.2) is 54.7 Å². The highest BCUT2D eigenvalue weighted by molar-refractivity contribution is 5.94. The molecule has 0 aliphatic heterocycles. The van der Waals surface area contributed by atoms with Gasteiger partial charge in [0.1, 0.15) is 5.82 Å². The van der Waals surface area contributed by atoms with Crippen molar-refractivity contribution in [3.05, 3.63) is 77.2 Å². The van der Waals surface area contributed by atoms with E-state index in [9.17, 15) is 9.18 Å². The molecule has 4 atom stereocenters. The third-order valence-electron chi connectivity index (χ3n) is 7.93. The first-order valence-corrected chi connectivity index (χ1v) is 11.7. The second-order valence-electron chi connectivity index (χ2n) is 10.3. The molecule has 2 aromatic carbocycles. The summed E-state index contributed by atoms with van der Waals surface area (Å²) in [6.45, 7) is 4.24. The molecular weight excluding hydrogens is 413 g/mol. The largest absolute Gasteiger partial charge is 0.347 e. The second kappa shape index (κ2) is 8.26. The molecule has 0 bridgehead atoms. The maximum atomic E-state index is 13.9. The highest BCUT2D eigenvalue weighted by atomic mass is 19.1. The van der Waals surface area contributed by atoms with Crippen LogP contribution in [0.25, 0.3) is 10.9 Å². The topological polar surface area (TPSA) is 65.8 Å². The molecule has 2 aliphatic carbocycles. The van der Waals surface area contributed by atoms with Gasteiger partial charge < -0.3 is 5.32 Å². The lowest BCUT2D eigenvalue weighted by Gasteiger charge is -2.34. The van der Waals surface area contributed by atoms with Gasteiger partial charge in [-0.3, -0.25) is 9.78 Å². The summed E-state index contributed by atoms with van der Waals surface area (Å²) in [5.74, 6) is 1.80. The number of hydrogen-bond acceptors (Lipinski definition) is 3. The summed E-state index contributed by atoms with van der Waals surface area (Å²) in [6, 6.07) is 15.8. The van der Waals surface area contributed by atoms with Crippen molar-refractivity contribution in [3.8, 4) is 6.07 Å². The highest BCUT2D eigenvalue weighted by Crippen LogP contribution is 2.55. The zero-order valence-corrected chi connectivity index (χ0v) is 19.0. The molecule has 0 radical (unpaired) electrons. The number of nitrogens with one attached hydrogen (secondary N) is 1. The minimum atomic E-state index is -0.308. The van der Waals surface area contributed by atoms with Crippen LogP contribution in [0.3, 0.4) is 0 Å². The summed E-state index contributed by atoms with van der Waals surface area (Å²) in [7, 11) is 0. The Balaban J connectivity index is 1.26. The maximum Gasteiger partial charge on any atom is 0.251 e. The fraction of sp³-hybridized carbons (Fsp3) is 0.393. The van der Waals surface area contributed by atoms with E-state index in [0.717, 1.165) is 36.6 Å².